The van der Waals surface area contributed by atoms with E-state index in [9.17, 15) is 9.59 Å². The maximum absolute atomic E-state index is 12.7. The lowest BCUT2D eigenvalue weighted by Gasteiger charge is -2.35. The molecule has 0 bridgehead atoms. The molecule has 1 unspecified atom stereocenters. The van der Waals surface area contributed by atoms with Crippen LogP contribution in [0.1, 0.15) is 29.1 Å². The van der Waals surface area contributed by atoms with Gasteiger partial charge in [0.25, 0.3) is 0 Å². The highest BCUT2D eigenvalue weighted by Gasteiger charge is 2.25. The number of piperazine rings is 1. The van der Waals surface area contributed by atoms with E-state index in [1.54, 1.807) is 22.7 Å². The number of carbonyl (C=O) groups excluding carboxylic acids is 2. The number of carbonyl (C=O) groups is 2. The zero-order valence-corrected chi connectivity index (χ0v) is 15.9. The predicted octanol–water partition coefficient (Wildman–Crippen LogP) is 2.72. The Bertz CT molecular complexity index is 677. The molecule has 3 rings (SSSR count). The van der Waals surface area contributed by atoms with Crippen molar-refractivity contribution in [3.63, 3.8) is 0 Å². The topological polar surface area (TPSA) is 52.7 Å². The van der Waals surface area contributed by atoms with Crippen LogP contribution in [0.15, 0.2) is 35.0 Å². The van der Waals surface area contributed by atoms with Crippen molar-refractivity contribution in [2.24, 2.45) is 0 Å². The first-order valence-electron chi connectivity index (χ1n) is 8.45. The highest BCUT2D eigenvalue weighted by molar-refractivity contribution is 7.10. The molecule has 1 saturated heterocycles. The van der Waals surface area contributed by atoms with E-state index in [0.29, 0.717) is 6.42 Å². The molecule has 1 N–H and O–H groups in total. The lowest BCUT2D eigenvalue weighted by atomic mass is 10.1. The Hall–Kier alpha value is -1.70. The van der Waals surface area contributed by atoms with Crippen molar-refractivity contribution in [3.8, 4) is 0 Å². The molecule has 2 amide bonds. The van der Waals surface area contributed by atoms with Crippen LogP contribution in [0.2, 0.25) is 0 Å². The Kier molecular flexibility index (Phi) is 6.23. The summed E-state index contributed by atoms with van der Waals surface area (Å²) >= 11 is 3.35. The van der Waals surface area contributed by atoms with Gasteiger partial charge in [-0.25, -0.2) is 0 Å². The normalized spacial score (nSPS) is 16.6. The quantitative estimate of drug-likeness (QED) is 0.842. The minimum absolute atomic E-state index is 0.105. The summed E-state index contributed by atoms with van der Waals surface area (Å²) in [7, 11) is 0. The summed E-state index contributed by atoms with van der Waals surface area (Å²) in [6.45, 7) is 5.75. The molecular weight excluding hydrogens is 354 g/mol. The molecule has 0 aromatic carbocycles. The fourth-order valence-corrected chi connectivity index (χ4v) is 4.56. The Balaban J connectivity index is 1.52. The average molecular weight is 378 g/mol. The molecule has 0 saturated carbocycles. The van der Waals surface area contributed by atoms with Crippen LogP contribution in [0.5, 0.6) is 0 Å². The van der Waals surface area contributed by atoms with E-state index in [2.05, 4.69) is 27.7 Å². The van der Waals surface area contributed by atoms with E-state index in [1.807, 2.05) is 22.4 Å². The Morgan fingerprint density at radius 2 is 1.84 bits per heavy atom. The molecule has 0 radical (unpaired) electrons. The monoisotopic (exact) mass is 377 g/mol. The molecule has 7 heteroatoms. The van der Waals surface area contributed by atoms with Crippen LogP contribution in [0, 0.1) is 0 Å². The third-order valence-corrected chi connectivity index (χ3v) is 6.17. The van der Waals surface area contributed by atoms with E-state index in [4.69, 9.17) is 0 Å². The van der Waals surface area contributed by atoms with E-state index in [1.165, 1.54) is 11.8 Å². The smallest absolute Gasteiger partial charge is 0.225 e. The third kappa shape index (κ3) is 5.14. The van der Waals surface area contributed by atoms with Crippen LogP contribution in [-0.4, -0.2) is 47.8 Å². The summed E-state index contributed by atoms with van der Waals surface area (Å²) < 4.78 is 0. The number of hydrogen-bond acceptors (Lipinski definition) is 5. The molecule has 1 fully saturated rings. The van der Waals surface area contributed by atoms with Crippen LogP contribution in [0.4, 0.5) is 0 Å². The first kappa shape index (κ1) is 18.1. The van der Waals surface area contributed by atoms with Crippen LogP contribution < -0.4 is 5.32 Å². The summed E-state index contributed by atoms with van der Waals surface area (Å²) in [4.78, 5) is 30.8. The number of nitrogens with zero attached hydrogens (tertiary/aromatic N) is 2. The molecule has 134 valence electrons. The standard InChI is InChI=1S/C18H23N3O2S2/c1-14(22)19-16(17-5-3-11-25-17)12-18(23)21-8-6-20(7-9-21)13-15-4-2-10-24-15/h2-5,10-11,16H,6-9,12-13H2,1H3,(H,19,22). The number of nitrogens with one attached hydrogen (secondary N) is 1. The second kappa shape index (κ2) is 8.60. The van der Waals surface area contributed by atoms with E-state index in [-0.39, 0.29) is 17.9 Å². The number of thiophene rings is 2. The molecule has 2 aromatic rings. The lowest BCUT2D eigenvalue weighted by molar-refractivity contribution is -0.133. The van der Waals surface area contributed by atoms with Gasteiger partial charge in [-0.05, 0) is 22.9 Å². The van der Waals surface area contributed by atoms with Crippen LogP contribution in [0.3, 0.4) is 0 Å². The summed E-state index contributed by atoms with van der Waals surface area (Å²) in [5.41, 5.74) is 0. The lowest BCUT2D eigenvalue weighted by Crippen LogP contribution is -2.48. The Morgan fingerprint density at radius 1 is 1.12 bits per heavy atom. The van der Waals surface area contributed by atoms with Gasteiger partial charge >= 0.3 is 0 Å². The van der Waals surface area contributed by atoms with Gasteiger partial charge in [0, 0.05) is 49.4 Å². The maximum atomic E-state index is 12.7. The molecule has 5 nitrogen and oxygen atoms in total. The van der Waals surface area contributed by atoms with Gasteiger partial charge in [-0.15, -0.1) is 22.7 Å². The minimum Gasteiger partial charge on any atom is -0.348 e. The van der Waals surface area contributed by atoms with E-state index in [0.717, 1.165) is 37.6 Å². The fraction of sp³-hybridized carbons (Fsp3) is 0.444. The van der Waals surface area contributed by atoms with Crippen molar-refractivity contribution >= 4 is 34.5 Å². The highest BCUT2D eigenvalue weighted by atomic mass is 32.1. The van der Waals surface area contributed by atoms with Gasteiger partial charge in [0.15, 0.2) is 0 Å². The molecule has 1 atom stereocenters. The number of amides is 2. The van der Waals surface area contributed by atoms with Crippen molar-refractivity contribution in [2.45, 2.75) is 25.9 Å². The Morgan fingerprint density at radius 3 is 2.44 bits per heavy atom. The average Bonchev–Trinajstić information content (AvgIpc) is 3.28. The van der Waals surface area contributed by atoms with Crippen molar-refractivity contribution in [3.05, 3.63) is 44.8 Å². The maximum Gasteiger partial charge on any atom is 0.225 e. The van der Waals surface area contributed by atoms with Gasteiger partial charge in [0.1, 0.15) is 0 Å². The van der Waals surface area contributed by atoms with Crippen molar-refractivity contribution in [1.29, 1.82) is 0 Å². The van der Waals surface area contributed by atoms with Crippen molar-refractivity contribution in [1.82, 2.24) is 15.1 Å². The molecule has 1 aliphatic rings. The Labute approximate surface area is 156 Å². The van der Waals surface area contributed by atoms with E-state index < -0.39 is 0 Å². The van der Waals surface area contributed by atoms with E-state index >= 15 is 0 Å². The molecule has 0 spiro atoms. The fourth-order valence-electron chi connectivity index (χ4n) is 3.04. The first-order valence-corrected chi connectivity index (χ1v) is 10.2. The summed E-state index contributed by atoms with van der Waals surface area (Å²) in [5.74, 6) is 0.00916. The van der Waals surface area contributed by atoms with Gasteiger partial charge in [-0.2, -0.15) is 0 Å². The minimum atomic E-state index is -0.228. The summed E-state index contributed by atoms with van der Waals surface area (Å²) in [5, 5.41) is 6.97. The van der Waals surface area contributed by atoms with Crippen molar-refractivity contribution in [2.75, 3.05) is 26.2 Å². The molecule has 3 heterocycles. The van der Waals surface area contributed by atoms with Gasteiger partial charge in [-0.3, -0.25) is 14.5 Å². The SMILES string of the molecule is CC(=O)NC(CC(=O)N1CCN(Cc2cccs2)CC1)c1cccs1. The molecular formula is C18H23N3O2S2. The van der Waals surface area contributed by atoms with Crippen LogP contribution in [-0.2, 0) is 16.1 Å². The zero-order chi connectivity index (χ0) is 17.6. The van der Waals surface area contributed by atoms with Crippen LogP contribution in [0.25, 0.3) is 0 Å². The second-order valence-corrected chi connectivity index (χ2v) is 8.22. The second-order valence-electron chi connectivity index (χ2n) is 6.21. The molecule has 1 aliphatic heterocycles. The number of hydrogen-bond donors (Lipinski definition) is 1. The molecule has 2 aromatic heterocycles. The number of rotatable bonds is 6. The van der Waals surface area contributed by atoms with Crippen molar-refractivity contribution < 1.29 is 9.59 Å². The molecule has 25 heavy (non-hydrogen) atoms. The zero-order valence-electron chi connectivity index (χ0n) is 14.3. The predicted molar refractivity (Wildman–Crippen MR) is 102 cm³/mol. The first-order chi connectivity index (χ1) is 12.1. The summed E-state index contributed by atoms with van der Waals surface area (Å²) in [6, 6.07) is 7.92. The van der Waals surface area contributed by atoms with Gasteiger partial charge in [-0.1, -0.05) is 12.1 Å². The largest absolute Gasteiger partial charge is 0.348 e. The van der Waals surface area contributed by atoms with Gasteiger partial charge in [0.2, 0.25) is 11.8 Å². The molecule has 0 aliphatic carbocycles. The van der Waals surface area contributed by atoms with Gasteiger partial charge < -0.3 is 10.2 Å². The highest BCUT2D eigenvalue weighted by Crippen LogP contribution is 2.23. The van der Waals surface area contributed by atoms with Crippen LogP contribution >= 0.6 is 22.7 Å². The summed E-state index contributed by atoms with van der Waals surface area (Å²) in [6.07, 6.45) is 0.324. The van der Waals surface area contributed by atoms with Gasteiger partial charge in [0.05, 0.1) is 12.5 Å². The third-order valence-electron chi connectivity index (χ3n) is 4.33.